The van der Waals surface area contributed by atoms with Gasteiger partial charge in [0, 0.05) is 19.5 Å². The van der Waals surface area contributed by atoms with Gasteiger partial charge in [0.05, 0.1) is 0 Å². The molecular weight excluding hydrogens is 198 g/mol. The smallest absolute Gasteiger partial charge is 0.324 e. The number of carboxylic acids is 1. The summed E-state index contributed by atoms with van der Waals surface area (Å²) >= 11 is 0. The van der Waals surface area contributed by atoms with Gasteiger partial charge >= 0.3 is 11.9 Å². The van der Waals surface area contributed by atoms with Crippen LogP contribution in [0.25, 0.3) is 0 Å². The Bertz CT molecular complexity index is 264. The van der Waals surface area contributed by atoms with Crippen LogP contribution in [0.2, 0.25) is 0 Å². The van der Waals surface area contributed by atoms with Crippen LogP contribution in [0.15, 0.2) is 0 Å². The van der Waals surface area contributed by atoms with Crippen LogP contribution in [0.3, 0.4) is 0 Å². The minimum atomic E-state index is -0.924. The van der Waals surface area contributed by atoms with Gasteiger partial charge in [-0.05, 0) is 20.3 Å². The molecule has 0 unspecified atom stereocenters. The first-order valence-electron chi connectivity index (χ1n) is 5.09. The van der Waals surface area contributed by atoms with Gasteiger partial charge in [0.2, 0.25) is 0 Å². The van der Waals surface area contributed by atoms with Crippen molar-refractivity contribution < 1.29 is 19.4 Å². The molecule has 15 heavy (non-hydrogen) atoms. The van der Waals surface area contributed by atoms with Gasteiger partial charge < -0.3 is 9.84 Å². The molecule has 1 fully saturated rings. The van der Waals surface area contributed by atoms with Crippen LogP contribution in [0.5, 0.6) is 0 Å². The van der Waals surface area contributed by atoms with Crippen LogP contribution in [0.1, 0.15) is 27.2 Å². The Kier molecular flexibility index (Phi) is 3.68. The minimum absolute atomic E-state index is 0.145. The van der Waals surface area contributed by atoms with Gasteiger partial charge in [-0.15, -0.1) is 0 Å². The number of carboxylic acid groups (broad SMARTS) is 1. The second-order valence-electron chi connectivity index (χ2n) is 4.05. The Morgan fingerprint density at radius 2 is 2.07 bits per heavy atom. The Balaban J connectivity index is 2.75. The summed E-state index contributed by atoms with van der Waals surface area (Å²) in [7, 11) is 0. The van der Waals surface area contributed by atoms with E-state index in [1.807, 2.05) is 18.7 Å². The molecule has 0 amide bonds. The molecule has 0 saturated carbocycles. The maximum Gasteiger partial charge on any atom is 0.324 e. The fourth-order valence-electron chi connectivity index (χ4n) is 2.00. The van der Waals surface area contributed by atoms with E-state index in [0.29, 0.717) is 13.0 Å². The van der Waals surface area contributed by atoms with Gasteiger partial charge in [-0.25, -0.2) is 0 Å². The fourth-order valence-corrected chi connectivity index (χ4v) is 2.00. The van der Waals surface area contributed by atoms with Crippen LogP contribution in [-0.2, 0) is 14.3 Å². The molecule has 0 aromatic carbocycles. The van der Waals surface area contributed by atoms with E-state index in [4.69, 9.17) is 9.84 Å². The lowest BCUT2D eigenvalue weighted by atomic mass is 10.1. The summed E-state index contributed by atoms with van der Waals surface area (Å²) in [6.07, 6.45) is 0.0803. The highest BCUT2D eigenvalue weighted by Crippen LogP contribution is 2.23. The van der Waals surface area contributed by atoms with Gasteiger partial charge in [0.15, 0.2) is 0 Å². The number of ether oxygens (including phenoxy) is 1. The zero-order valence-electron chi connectivity index (χ0n) is 9.27. The average molecular weight is 215 g/mol. The van der Waals surface area contributed by atoms with E-state index >= 15 is 0 Å². The van der Waals surface area contributed by atoms with E-state index in [9.17, 15) is 9.59 Å². The van der Waals surface area contributed by atoms with E-state index in [0.717, 1.165) is 0 Å². The number of aliphatic carboxylic acids is 1. The maximum atomic E-state index is 11.1. The van der Waals surface area contributed by atoms with Crippen LogP contribution in [-0.4, -0.2) is 46.7 Å². The molecule has 0 aromatic heterocycles. The van der Waals surface area contributed by atoms with Crippen molar-refractivity contribution in [1.82, 2.24) is 4.90 Å². The predicted octanol–water partition coefficient (Wildman–Crippen LogP) is 0.485. The number of hydrogen-bond acceptors (Lipinski definition) is 4. The van der Waals surface area contributed by atoms with Crippen molar-refractivity contribution in [2.24, 2.45) is 0 Å². The molecule has 1 aliphatic rings. The van der Waals surface area contributed by atoms with Crippen molar-refractivity contribution in [2.75, 3.05) is 6.54 Å². The second-order valence-corrected chi connectivity index (χ2v) is 4.05. The van der Waals surface area contributed by atoms with Gasteiger partial charge in [-0.3, -0.25) is 14.5 Å². The van der Waals surface area contributed by atoms with Crippen molar-refractivity contribution in [2.45, 2.75) is 45.4 Å². The summed E-state index contributed by atoms with van der Waals surface area (Å²) in [5, 5.41) is 9.08. The number of esters is 1. The molecule has 1 N–H and O–H groups in total. The highest BCUT2D eigenvalue weighted by molar-refractivity contribution is 5.76. The maximum absolute atomic E-state index is 11.1. The average Bonchev–Trinajstić information content (AvgIpc) is 2.46. The summed E-state index contributed by atoms with van der Waals surface area (Å²) in [5.41, 5.74) is 0. The zero-order valence-corrected chi connectivity index (χ0v) is 9.27. The van der Waals surface area contributed by atoms with Gasteiger partial charge in [0.25, 0.3) is 0 Å². The lowest BCUT2D eigenvalue weighted by molar-refractivity contribution is -0.155. The molecule has 1 rings (SSSR count). The van der Waals surface area contributed by atoms with Crippen molar-refractivity contribution in [3.63, 3.8) is 0 Å². The largest absolute Gasteiger partial charge is 0.480 e. The molecule has 0 bridgehead atoms. The Morgan fingerprint density at radius 3 is 2.47 bits per heavy atom. The Labute approximate surface area is 89.0 Å². The molecule has 5 nitrogen and oxygen atoms in total. The molecule has 0 radical (unpaired) electrons. The summed E-state index contributed by atoms with van der Waals surface area (Å²) in [5.74, 6) is -1.34. The summed E-state index contributed by atoms with van der Waals surface area (Å²) in [6, 6.07) is -0.555. The monoisotopic (exact) mass is 215 g/mol. The number of carbonyl (C=O) groups is 2. The molecule has 1 heterocycles. The van der Waals surface area contributed by atoms with Gasteiger partial charge in [0.1, 0.15) is 12.1 Å². The third-order valence-electron chi connectivity index (χ3n) is 2.61. The number of likely N-dealkylation sites (tertiary alicyclic amines) is 1. The number of carbonyl (C=O) groups excluding carboxylic acids is 1. The Morgan fingerprint density at radius 1 is 1.47 bits per heavy atom. The first-order valence-corrected chi connectivity index (χ1v) is 5.09. The third-order valence-corrected chi connectivity index (χ3v) is 2.61. The summed E-state index contributed by atoms with van der Waals surface area (Å²) in [4.78, 5) is 23.7. The van der Waals surface area contributed by atoms with E-state index in [2.05, 4.69) is 0 Å². The third kappa shape index (κ3) is 2.68. The standard InChI is InChI=1S/C10H17NO4/c1-6(2)11-5-4-8(15-7(3)12)9(11)10(13)14/h6,8-9H,4-5H2,1-3H3,(H,13,14)/t8-,9-/m0/s1. The van der Waals surface area contributed by atoms with Crippen molar-refractivity contribution in [3.05, 3.63) is 0 Å². The van der Waals surface area contributed by atoms with Crippen LogP contribution >= 0.6 is 0 Å². The van der Waals surface area contributed by atoms with Crippen molar-refractivity contribution in [3.8, 4) is 0 Å². The predicted molar refractivity (Wildman–Crippen MR) is 53.4 cm³/mol. The van der Waals surface area contributed by atoms with Gasteiger partial charge in [-0.2, -0.15) is 0 Å². The van der Waals surface area contributed by atoms with E-state index in [1.165, 1.54) is 6.92 Å². The lowest BCUT2D eigenvalue weighted by Gasteiger charge is -2.27. The fraction of sp³-hybridized carbons (Fsp3) is 0.800. The van der Waals surface area contributed by atoms with Gasteiger partial charge in [-0.1, -0.05) is 0 Å². The lowest BCUT2D eigenvalue weighted by Crippen LogP contribution is -2.46. The van der Waals surface area contributed by atoms with Crippen LogP contribution in [0.4, 0.5) is 0 Å². The SMILES string of the molecule is CC(=O)O[C@H]1CCN(C(C)C)[C@@H]1C(=O)O. The van der Waals surface area contributed by atoms with E-state index in [-0.39, 0.29) is 6.04 Å². The molecule has 0 aliphatic carbocycles. The van der Waals surface area contributed by atoms with Crippen molar-refractivity contribution in [1.29, 1.82) is 0 Å². The quantitative estimate of drug-likeness (QED) is 0.694. The molecule has 86 valence electrons. The van der Waals surface area contributed by atoms with Crippen LogP contribution in [0, 0.1) is 0 Å². The Hall–Kier alpha value is -1.10. The molecule has 0 spiro atoms. The van der Waals surface area contributed by atoms with Crippen molar-refractivity contribution >= 4 is 11.9 Å². The highest BCUT2D eigenvalue weighted by atomic mass is 16.5. The van der Waals surface area contributed by atoms with Crippen LogP contribution < -0.4 is 0 Å². The summed E-state index contributed by atoms with van der Waals surface area (Å²) in [6.45, 7) is 5.84. The van der Waals surface area contributed by atoms with E-state index < -0.39 is 24.1 Å². The number of rotatable bonds is 3. The summed E-state index contributed by atoms with van der Waals surface area (Å²) < 4.78 is 5.00. The number of hydrogen-bond donors (Lipinski definition) is 1. The first-order chi connectivity index (χ1) is 6.93. The molecule has 1 aliphatic heterocycles. The molecule has 1 saturated heterocycles. The molecule has 0 aromatic rings. The zero-order chi connectivity index (χ0) is 11.6. The molecular formula is C10H17NO4. The first kappa shape index (κ1) is 12.0. The number of nitrogens with zero attached hydrogens (tertiary/aromatic N) is 1. The topological polar surface area (TPSA) is 66.8 Å². The minimum Gasteiger partial charge on any atom is -0.480 e. The molecule has 5 heteroatoms. The highest BCUT2D eigenvalue weighted by Gasteiger charge is 2.42. The normalized spacial score (nSPS) is 26.9. The second kappa shape index (κ2) is 4.61. The molecule has 2 atom stereocenters. The van der Waals surface area contributed by atoms with E-state index in [1.54, 1.807) is 0 Å².